The van der Waals surface area contributed by atoms with Gasteiger partial charge in [-0.05, 0) is 6.42 Å². The second kappa shape index (κ2) is 27.2. The quantitative estimate of drug-likeness (QED) is 0.0810. The second-order valence-corrected chi connectivity index (χ2v) is 9.05. The zero-order valence-corrected chi connectivity index (χ0v) is 23.3. The monoisotopic (exact) mass is 502 g/mol. The van der Waals surface area contributed by atoms with Crippen molar-refractivity contribution >= 4 is 13.8 Å². The molecule has 0 atom stereocenters. The van der Waals surface area contributed by atoms with Crippen LogP contribution in [-0.4, -0.2) is 25.8 Å². The van der Waals surface area contributed by atoms with Crippen LogP contribution in [0.1, 0.15) is 135 Å². The van der Waals surface area contributed by atoms with Gasteiger partial charge in [-0.25, -0.2) is 4.57 Å². The van der Waals surface area contributed by atoms with E-state index in [1.54, 1.807) is 0 Å². The molecular weight excluding hydrogens is 457 g/mol. The van der Waals surface area contributed by atoms with Gasteiger partial charge in [0, 0.05) is 25.9 Å². The maximum Gasteiger partial charge on any atom is 0.466 e. The van der Waals surface area contributed by atoms with Crippen LogP contribution in [0.4, 0.5) is 0 Å². The molecule has 0 aromatic rings. The average Bonchev–Trinajstić information content (AvgIpc) is 2.62. The van der Waals surface area contributed by atoms with Crippen molar-refractivity contribution in [3.05, 3.63) is 0 Å². The van der Waals surface area contributed by atoms with Crippen LogP contribution in [0, 0.1) is 0 Å². The first-order chi connectivity index (χ1) is 13.8. The molecule has 0 saturated carbocycles. The van der Waals surface area contributed by atoms with E-state index < -0.39 is 13.8 Å². The molecule has 0 heterocycles. The summed E-state index contributed by atoms with van der Waals surface area (Å²) in [7, 11) is -4.64. The minimum atomic E-state index is -4.64. The molecule has 0 aromatic carbocycles. The van der Waals surface area contributed by atoms with Gasteiger partial charge in [0.25, 0.3) is 0 Å². The Morgan fingerprint density at radius 1 is 0.567 bits per heavy atom. The van der Waals surface area contributed by atoms with Gasteiger partial charge in [-0.1, -0.05) is 122 Å². The van der Waals surface area contributed by atoms with Crippen LogP contribution in [-0.2, 0) is 28.8 Å². The number of phosphoric acid groups is 1. The average molecular weight is 504 g/mol. The largest absolute Gasteiger partial charge is 0.481 e. The van der Waals surface area contributed by atoms with Gasteiger partial charge < -0.3 is 19.8 Å². The van der Waals surface area contributed by atoms with Crippen LogP contribution >= 0.6 is 7.82 Å². The second-order valence-electron chi connectivity index (χ2n) is 8.02. The molecule has 178 valence electrons. The van der Waals surface area contributed by atoms with Gasteiger partial charge in [-0.2, -0.15) is 0 Å². The fourth-order valence-corrected chi connectivity index (χ4v) is 3.35. The van der Waals surface area contributed by atoms with Crippen molar-refractivity contribution in [3.8, 4) is 0 Å². The van der Waals surface area contributed by atoms with Gasteiger partial charge in [0.05, 0.1) is 0 Å². The van der Waals surface area contributed by atoms with Crippen molar-refractivity contribution in [2.75, 3.05) is 0 Å². The standard InChI is InChI=1S/C22H44O2.H3O4P.Zn/c1-2-3-4-5-6-7-8-9-10-11-12-13-14-15-16-17-18-19-20-21-22(23)24;1-5(2,3)4;/h2-21H2,1H3,(H,23,24);(H3,1,2,3,4);. The predicted molar refractivity (Wildman–Crippen MR) is 120 cm³/mol. The van der Waals surface area contributed by atoms with Crippen LogP contribution in [0.15, 0.2) is 0 Å². The number of unbranched alkanes of at least 4 members (excludes halogenated alkanes) is 18. The van der Waals surface area contributed by atoms with Gasteiger partial charge in [-0.3, -0.25) is 4.79 Å². The van der Waals surface area contributed by atoms with E-state index in [1.165, 1.54) is 109 Å². The number of aliphatic carboxylic acids is 1. The molecule has 0 saturated heterocycles. The molecule has 0 radical (unpaired) electrons. The Labute approximate surface area is 197 Å². The molecule has 4 N–H and O–H groups in total. The molecule has 0 unspecified atom stereocenters. The molecule has 0 aliphatic heterocycles. The minimum Gasteiger partial charge on any atom is -0.481 e. The van der Waals surface area contributed by atoms with Crippen LogP contribution in [0.3, 0.4) is 0 Å². The Balaban J connectivity index is -0.00000108. The van der Waals surface area contributed by atoms with E-state index >= 15 is 0 Å². The summed E-state index contributed by atoms with van der Waals surface area (Å²) in [5.41, 5.74) is 0. The van der Waals surface area contributed by atoms with E-state index in [-0.39, 0.29) is 19.5 Å². The molecule has 6 nitrogen and oxygen atoms in total. The van der Waals surface area contributed by atoms with Crippen molar-refractivity contribution in [1.82, 2.24) is 0 Å². The number of carboxylic acids is 1. The van der Waals surface area contributed by atoms with Gasteiger partial charge >= 0.3 is 13.8 Å². The maximum absolute atomic E-state index is 10.4. The van der Waals surface area contributed by atoms with E-state index in [0.29, 0.717) is 6.42 Å². The first-order valence-electron chi connectivity index (χ1n) is 11.8. The molecule has 0 bridgehead atoms. The van der Waals surface area contributed by atoms with Crippen LogP contribution in [0.2, 0.25) is 0 Å². The number of carbonyl (C=O) groups is 1. The van der Waals surface area contributed by atoms with Crippen molar-refractivity contribution in [1.29, 1.82) is 0 Å². The molecular formula is C22H47O6PZn. The third kappa shape index (κ3) is 46.4. The van der Waals surface area contributed by atoms with Crippen molar-refractivity contribution < 1.29 is 48.6 Å². The fourth-order valence-electron chi connectivity index (χ4n) is 3.35. The van der Waals surface area contributed by atoms with Crippen LogP contribution in [0.25, 0.3) is 0 Å². The third-order valence-corrected chi connectivity index (χ3v) is 4.99. The third-order valence-electron chi connectivity index (χ3n) is 4.99. The van der Waals surface area contributed by atoms with Gasteiger partial charge in [0.2, 0.25) is 0 Å². The summed E-state index contributed by atoms with van der Waals surface area (Å²) in [5.74, 6) is -0.651. The van der Waals surface area contributed by atoms with E-state index in [1.807, 2.05) is 0 Å². The SMILES string of the molecule is CCCCCCCCCCCCCCCCCCCCCC(=O)O.O=P(O)(O)O.[Zn]. The van der Waals surface area contributed by atoms with Gasteiger partial charge in [0.1, 0.15) is 0 Å². The molecule has 0 fully saturated rings. The maximum atomic E-state index is 10.4. The normalized spacial score (nSPS) is 10.8. The first kappa shape index (κ1) is 34.8. The van der Waals surface area contributed by atoms with E-state index in [4.69, 9.17) is 24.4 Å². The Hall–Kier alpha value is 0.203. The molecule has 8 heteroatoms. The van der Waals surface area contributed by atoms with Crippen molar-refractivity contribution in [2.45, 2.75) is 135 Å². The summed E-state index contributed by atoms with van der Waals surface area (Å²) in [6, 6.07) is 0. The van der Waals surface area contributed by atoms with Crippen molar-refractivity contribution in [2.24, 2.45) is 0 Å². The summed E-state index contributed by atoms with van der Waals surface area (Å²) >= 11 is 0. The van der Waals surface area contributed by atoms with E-state index in [2.05, 4.69) is 6.92 Å². The Bertz CT molecular complexity index is 382. The molecule has 0 aromatic heterocycles. The molecule has 0 amide bonds. The number of rotatable bonds is 20. The van der Waals surface area contributed by atoms with Gasteiger partial charge in [0.15, 0.2) is 0 Å². The summed E-state index contributed by atoms with van der Waals surface area (Å²) in [6.45, 7) is 2.28. The Morgan fingerprint density at radius 2 is 0.767 bits per heavy atom. The smallest absolute Gasteiger partial charge is 0.466 e. The Kier molecular flexibility index (Phi) is 31.6. The summed E-state index contributed by atoms with van der Waals surface area (Å²) in [6.07, 6.45) is 26.1. The minimum absolute atomic E-state index is 0. The molecule has 0 aliphatic rings. The molecule has 0 aliphatic carbocycles. The number of hydrogen-bond donors (Lipinski definition) is 4. The zero-order chi connectivity index (χ0) is 22.2. The van der Waals surface area contributed by atoms with Crippen LogP contribution in [0.5, 0.6) is 0 Å². The molecule has 30 heavy (non-hydrogen) atoms. The number of carboxylic acid groups (broad SMARTS) is 1. The van der Waals surface area contributed by atoms with E-state index in [9.17, 15) is 4.79 Å². The topological polar surface area (TPSA) is 115 Å². The van der Waals surface area contributed by atoms with Crippen molar-refractivity contribution in [3.63, 3.8) is 0 Å². The zero-order valence-electron chi connectivity index (χ0n) is 19.4. The number of hydrogen-bond acceptors (Lipinski definition) is 2. The van der Waals surface area contributed by atoms with Crippen LogP contribution < -0.4 is 0 Å². The van der Waals surface area contributed by atoms with E-state index in [0.717, 1.165) is 12.8 Å². The molecule has 0 rings (SSSR count). The molecule has 0 spiro atoms. The Morgan fingerprint density at radius 3 is 0.967 bits per heavy atom. The first-order valence-corrected chi connectivity index (χ1v) is 13.3. The summed E-state index contributed by atoms with van der Waals surface area (Å²) in [4.78, 5) is 31.9. The fraction of sp³-hybridized carbons (Fsp3) is 0.955. The predicted octanol–water partition coefficient (Wildman–Crippen LogP) is 6.96. The van der Waals surface area contributed by atoms with Gasteiger partial charge in [-0.15, -0.1) is 0 Å². The summed E-state index contributed by atoms with van der Waals surface area (Å²) < 4.78 is 8.88. The summed E-state index contributed by atoms with van der Waals surface area (Å²) in [5, 5.41) is 8.56.